The van der Waals surface area contributed by atoms with Crippen molar-refractivity contribution in [2.45, 2.75) is 45.4 Å². The van der Waals surface area contributed by atoms with E-state index in [2.05, 4.69) is 25.2 Å². The predicted octanol–water partition coefficient (Wildman–Crippen LogP) is 3.84. The maximum absolute atomic E-state index is 2.38. The molecule has 0 heteroatoms. The van der Waals surface area contributed by atoms with Crippen LogP contribution in [0.25, 0.3) is 0 Å². The van der Waals surface area contributed by atoms with Crippen molar-refractivity contribution in [1.29, 1.82) is 0 Å². The van der Waals surface area contributed by atoms with Gasteiger partial charge in [0, 0.05) is 0 Å². The molecule has 0 aromatic heterocycles. The van der Waals surface area contributed by atoms with Gasteiger partial charge in [0.15, 0.2) is 0 Å². The van der Waals surface area contributed by atoms with Gasteiger partial charge in [-0.3, -0.25) is 0 Å². The molecule has 0 nitrogen and oxygen atoms in total. The van der Waals surface area contributed by atoms with E-state index in [0.29, 0.717) is 0 Å². The molecule has 0 aliphatic heterocycles. The summed E-state index contributed by atoms with van der Waals surface area (Å²) in [4.78, 5) is 0. The third-order valence-electron chi connectivity index (χ3n) is 2.18. The zero-order valence-corrected chi connectivity index (χ0v) is 7.47. The Hall–Kier alpha value is -0.520. The van der Waals surface area contributed by atoms with Crippen LogP contribution in [0.5, 0.6) is 0 Å². The molecule has 62 valence electrons. The lowest BCUT2D eigenvalue weighted by molar-refractivity contribution is 0.733. The van der Waals surface area contributed by atoms with Crippen molar-refractivity contribution in [3.05, 3.63) is 23.8 Å². The number of hydrogen-bond acceptors (Lipinski definition) is 0. The van der Waals surface area contributed by atoms with Crippen molar-refractivity contribution in [3.63, 3.8) is 0 Å². The molecular weight excluding hydrogens is 132 g/mol. The molecule has 0 saturated heterocycles. The Kier molecular flexibility index (Phi) is 4.03. The van der Waals surface area contributed by atoms with Crippen molar-refractivity contribution in [1.82, 2.24) is 0 Å². The van der Waals surface area contributed by atoms with Crippen LogP contribution in [0, 0.1) is 0 Å². The molecule has 0 saturated carbocycles. The van der Waals surface area contributed by atoms with Crippen molar-refractivity contribution < 1.29 is 0 Å². The zero-order valence-electron chi connectivity index (χ0n) is 7.47. The fourth-order valence-corrected chi connectivity index (χ4v) is 1.43. The highest BCUT2D eigenvalue weighted by Gasteiger charge is 1.92. The summed E-state index contributed by atoms with van der Waals surface area (Å²) < 4.78 is 0. The van der Waals surface area contributed by atoms with E-state index < -0.39 is 0 Å². The summed E-state index contributed by atoms with van der Waals surface area (Å²) in [7, 11) is 0. The zero-order chi connectivity index (χ0) is 7.94. The number of rotatable bonds is 0. The second-order valence-electron chi connectivity index (χ2n) is 3.35. The van der Waals surface area contributed by atoms with Gasteiger partial charge in [-0.2, -0.15) is 0 Å². The second-order valence-corrected chi connectivity index (χ2v) is 3.35. The van der Waals surface area contributed by atoms with Gasteiger partial charge in [-0.1, -0.05) is 23.8 Å². The SMILES string of the molecule is C/C1=C/CC/C=C\CCCC1. The van der Waals surface area contributed by atoms with Gasteiger partial charge in [-0.15, -0.1) is 0 Å². The summed E-state index contributed by atoms with van der Waals surface area (Å²) in [5.41, 5.74) is 1.58. The summed E-state index contributed by atoms with van der Waals surface area (Å²) in [6, 6.07) is 0. The van der Waals surface area contributed by atoms with Gasteiger partial charge < -0.3 is 0 Å². The van der Waals surface area contributed by atoms with Gasteiger partial charge >= 0.3 is 0 Å². The Morgan fingerprint density at radius 3 is 2.73 bits per heavy atom. The summed E-state index contributed by atoms with van der Waals surface area (Å²) in [5, 5.41) is 0. The highest BCUT2D eigenvalue weighted by molar-refractivity contribution is 4.99. The quantitative estimate of drug-likeness (QED) is 0.460. The number of hydrogen-bond donors (Lipinski definition) is 0. The van der Waals surface area contributed by atoms with Crippen molar-refractivity contribution in [3.8, 4) is 0 Å². The lowest BCUT2D eigenvalue weighted by Crippen LogP contribution is -1.81. The standard InChI is InChI=1S/C11H18/c1-11-9-7-5-3-2-4-6-8-10-11/h2-3,9H,4-8,10H2,1H3/b3-2-,11-9-. The Balaban J connectivity index is 2.36. The van der Waals surface area contributed by atoms with Crippen LogP contribution in [0.2, 0.25) is 0 Å². The van der Waals surface area contributed by atoms with Gasteiger partial charge in [0.2, 0.25) is 0 Å². The lowest BCUT2D eigenvalue weighted by atomic mass is 10.0. The van der Waals surface area contributed by atoms with Gasteiger partial charge in [0.05, 0.1) is 0 Å². The van der Waals surface area contributed by atoms with E-state index in [1.54, 1.807) is 5.57 Å². The molecule has 1 aliphatic rings. The smallest absolute Gasteiger partial charge is 0.0313 e. The van der Waals surface area contributed by atoms with E-state index >= 15 is 0 Å². The van der Waals surface area contributed by atoms with Gasteiger partial charge in [0.1, 0.15) is 0 Å². The summed E-state index contributed by atoms with van der Waals surface area (Å²) in [5.74, 6) is 0. The maximum atomic E-state index is 2.38. The van der Waals surface area contributed by atoms with E-state index in [1.807, 2.05) is 0 Å². The normalized spacial score (nSPS) is 28.6. The van der Waals surface area contributed by atoms with Crippen molar-refractivity contribution in [2.75, 3.05) is 0 Å². The minimum atomic E-state index is 1.23. The molecule has 0 unspecified atom stereocenters. The molecule has 0 heterocycles. The molecule has 0 atom stereocenters. The monoisotopic (exact) mass is 150 g/mol. The Morgan fingerprint density at radius 2 is 1.82 bits per heavy atom. The lowest BCUT2D eigenvalue weighted by Gasteiger charge is -2.02. The van der Waals surface area contributed by atoms with Crippen LogP contribution in [0.15, 0.2) is 23.8 Å². The Bertz CT molecular complexity index is 151. The highest BCUT2D eigenvalue weighted by atomic mass is 14.0. The van der Waals surface area contributed by atoms with Crippen molar-refractivity contribution in [2.24, 2.45) is 0 Å². The van der Waals surface area contributed by atoms with Gasteiger partial charge in [-0.05, 0) is 45.4 Å². The minimum Gasteiger partial charge on any atom is -0.0885 e. The molecule has 0 amide bonds. The Labute approximate surface area is 70.0 Å². The topological polar surface area (TPSA) is 0 Å². The second kappa shape index (κ2) is 5.17. The van der Waals surface area contributed by atoms with E-state index in [4.69, 9.17) is 0 Å². The van der Waals surface area contributed by atoms with Crippen LogP contribution in [0.1, 0.15) is 45.4 Å². The average Bonchev–Trinajstić information content (AvgIpc) is 2.03. The summed E-state index contributed by atoms with van der Waals surface area (Å²) in [6.45, 7) is 2.26. The average molecular weight is 150 g/mol. The maximum Gasteiger partial charge on any atom is -0.0313 e. The van der Waals surface area contributed by atoms with Crippen molar-refractivity contribution >= 4 is 0 Å². The van der Waals surface area contributed by atoms with Crippen LogP contribution < -0.4 is 0 Å². The molecule has 0 N–H and O–H groups in total. The molecule has 0 radical (unpaired) electrons. The van der Waals surface area contributed by atoms with E-state index in [0.717, 1.165) is 0 Å². The molecule has 1 aliphatic carbocycles. The van der Waals surface area contributed by atoms with Crippen LogP contribution in [0.4, 0.5) is 0 Å². The molecule has 0 fully saturated rings. The molecule has 1 rings (SSSR count). The summed E-state index contributed by atoms with van der Waals surface area (Å²) in [6.07, 6.45) is 14.8. The largest absolute Gasteiger partial charge is 0.0885 e. The first-order valence-corrected chi connectivity index (χ1v) is 4.70. The van der Waals surface area contributed by atoms with E-state index in [9.17, 15) is 0 Å². The Morgan fingerprint density at radius 1 is 1.00 bits per heavy atom. The third-order valence-corrected chi connectivity index (χ3v) is 2.18. The van der Waals surface area contributed by atoms with Crippen LogP contribution in [-0.2, 0) is 0 Å². The predicted molar refractivity (Wildman–Crippen MR) is 50.6 cm³/mol. The molecule has 0 aromatic carbocycles. The van der Waals surface area contributed by atoms with Crippen LogP contribution in [-0.4, -0.2) is 0 Å². The van der Waals surface area contributed by atoms with E-state index in [1.165, 1.54) is 38.5 Å². The third kappa shape index (κ3) is 4.02. The fourth-order valence-electron chi connectivity index (χ4n) is 1.43. The first kappa shape index (κ1) is 8.58. The van der Waals surface area contributed by atoms with Crippen LogP contribution >= 0.6 is 0 Å². The molecular formula is C11H18. The van der Waals surface area contributed by atoms with Gasteiger partial charge in [0.25, 0.3) is 0 Å². The molecule has 0 spiro atoms. The van der Waals surface area contributed by atoms with Gasteiger partial charge in [-0.25, -0.2) is 0 Å². The molecule has 0 bridgehead atoms. The highest BCUT2D eigenvalue weighted by Crippen LogP contribution is 2.12. The summed E-state index contributed by atoms with van der Waals surface area (Å²) >= 11 is 0. The number of allylic oxidation sites excluding steroid dienone is 4. The van der Waals surface area contributed by atoms with E-state index in [-0.39, 0.29) is 0 Å². The first-order chi connectivity index (χ1) is 5.39. The fraction of sp³-hybridized carbons (Fsp3) is 0.636. The molecule has 0 aromatic rings. The first-order valence-electron chi connectivity index (χ1n) is 4.70. The minimum absolute atomic E-state index is 1.23. The van der Waals surface area contributed by atoms with Crippen LogP contribution in [0.3, 0.4) is 0 Å². The molecule has 11 heavy (non-hydrogen) atoms.